The summed E-state index contributed by atoms with van der Waals surface area (Å²) < 4.78 is 25.9. The fourth-order valence-corrected chi connectivity index (χ4v) is 4.29. The molecule has 0 aromatic heterocycles. The van der Waals surface area contributed by atoms with Gasteiger partial charge in [0.05, 0.1) is 27.7 Å². The van der Waals surface area contributed by atoms with Gasteiger partial charge in [0, 0.05) is 5.02 Å². The van der Waals surface area contributed by atoms with Crippen LogP contribution in [0, 0.1) is 0 Å². The van der Waals surface area contributed by atoms with E-state index in [4.69, 9.17) is 34.8 Å². The van der Waals surface area contributed by atoms with E-state index in [2.05, 4.69) is 5.32 Å². The summed E-state index contributed by atoms with van der Waals surface area (Å²) in [5.74, 6) is -0.526. The second-order valence-corrected chi connectivity index (χ2v) is 8.66. The zero-order chi connectivity index (χ0) is 19.5. The normalized spacial score (nSPS) is 12.5. The van der Waals surface area contributed by atoms with E-state index in [1.807, 2.05) is 0 Å². The number of nitrogens with zero attached hydrogens (tertiary/aromatic N) is 1. The molecule has 0 saturated carbocycles. The molecule has 0 spiro atoms. The van der Waals surface area contributed by atoms with Crippen LogP contribution in [0.2, 0.25) is 15.1 Å². The molecule has 0 bridgehead atoms. The molecule has 9 heteroatoms. The van der Waals surface area contributed by atoms with Crippen molar-refractivity contribution >= 4 is 62.1 Å². The molecule has 0 heterocycles. The average molecular weight is 436 g/mol. The van der Waals surface area contributed by atoms with Crippen LogP contribution in [0.25, 0.3) is 0 Å². The van der Waals surface area contributed by atoms with E-state index in [0.717, 1.165) is 10.6 Å². The molecule has 2 aromatic rings. The molecular weight excluding hydrogens is 419 g/mol. The molecule has 1 amide bonds. The SMILES string of the molecule is CC[C@H](C(=O)Nc1ccccc1Cl)N(c1cc(Cl)ccc1Cl)S(C)(=O)=O. The molecule has 0 saturated heterocycles. The van der Waals surface area contributed by atoms with Crippen molar-refractivity contribution in [2.24, 2.45) is 0 Å². The number of hydrogen-bond acceptors (Lipinski definition) is 3. The summed E-state index contributed by atoms with van der Waals surface area (Å²) in [4.78, 5) is 12.8. The summed E-state index contributed by atoms with van der Waals surface area (Å²) in [7, 11) is -3.82. The van der Waals surface area contributed by atoms with Gasteiger partial charge in [0.2, 0.25) is 15.9 Å². The fourth-order valence-electron chi connectivity index (χ4n) is 2.47. The second kappa shape index (κ2) is 8.48. The van der Waals surface area contributed by atoms with Gasteiger partial charge >= 0.3 is 0 Å². The molecule has 2 aromatic carbocycles. The molecule has 0 aliphatic rings. The highest BCUT2D eigenvalue weighted by Crippen LogP contribution is 2.33. The second-order valence-electron chi connectivity index (χ2n) is 5.55. The highest BCUT2D eigenvalue weighted by atomic mass is 35.5. The predicted octanol–water partition coefficient (Wildman–Crippen LogP) is 4.83. The van der Waals surface area contributed by atoms with Crippen LogP contribution in [-0.2, 0) is 14.8 Å². The Labute approximate surface area is 167 Å². The molecule has 0 aliphatic carbocycles. The van der Waals surface area contributed by atoms with Crippen LogP contribution in [0.5, 0.6) is 0 Å². The van der Waals surface area contributed by atoms with Gasteiger partial charge in [0.25, 0.3) is 0 Å². The minimum Gasteiger partial charge on any atom is -0.323 e. The van der Waals surface area contributed by atoms with E-state index in [-0.39, 0.29) is 17.1 Å². The molecular formula is C17H17Cl3N2O3S. The van der Waals surface area contributed by atoms with Gasteiger partial charge in [-0.3, -0.25) is 9.10 Å². The minimum absolute atomic E-state index is 0.142. The largest absolute Gasteiger partial charge is 0.323 e. The average Bonchev–Trinajstić information content (AvgIpc) is 2.56. The number of benzene rings is 2. The third-order valence-electron chi connectivity index (χ3n) is 3.61. The lowest BCUT2D eigenvalue weighted by Gasteiger charge is -2.30. The van der Waals surface area contributed by atoms with Gasteiger partial charge in [-0.1, -0.05) is 53.9 Å². The molecule has 2 rings (SSSR count). The number of sulfonamides is 1. The van der Waals surface area contributed by atoms with Gasteiger partial charge in [0.1, 0.15) is 6.04 Å². The van der Waals surface area contributed by atoms with Crippen LogP contribution in [-0.4, -0.2) is 26.6 Å². The van der Waals surface area contributed by atoms with Gasteiger partial charge in [0.15, 0.2) is 0 Å². The van der Waals surface area contributed by atoms with Crippen LogP contribution in [0.4, 0.5) is 11.4 Å². The zero-order valence-electron chi connectivity index (χ0n) is 14.0. The Hall–Kier alpha value is -1.47. The third-order valence-corrected chi connectivity index (χ3v) is 5.66. The first-order chi connectivity index (χ1) is 12.1. The first-order valence-electron chi connectivity index (χ1n) is 7.65. The van der Waals surface area contributed by atoms with Crippen LogP contribution in [0.15, 0.2) is 42.5 Å². The molecule has 1 N–H and O–H groups in total. The molecule has 0 unspecified atom stereocenters. The van der Waals surface area contributed by atoms with Crippen molar-refractivity contribution in [3.05, 3.63) is 57.5 Å². The van der Waals surface area contributed by atoms with Crippen molar-refractivity contribution in [2.75, 3.05) is 15.9 Å². The van der Waals surface area contributed by atoms with Crippen molar-refractivity contribution in [3.63, 3.8) is 0 Å². The zero-order valence-corrected chi connectivity index (χ0v) is 17.1. The lowest BCUT2D eigenvalue weighted by molar-refractivity contribution is -0.117. The number of anilines is 2. The summed E-state index contributed by atoms with van der Waals surface area (Å²) in [5, 5.41) is 3.49. The highest BCUT2D eigenvalue weighted by Gasteiger charge is 2.33. The third kappa shape index (κ3) is 4.82. The maximum Gasteiger partial charge on any atom is 0.248 e. The Balaban J connectivity index is 2.47. The maximum absolute atomic E-state index is 12.8. The quantitative estimate of drug-likeness (QED) is 0.706. The van der Waals surface area contributed by atoms with Crippen LogP contribution in [0.3, 0.4) is 0 Å². The Morgan fingerprint density at radius 3 is 2.35 bits per heavy atom. The standard InChI is InChI=1S/C17H17Cl3N2O3S/c1-3-15(17(23)21-14-7-5-4-6-12(14)19)22(26(2,24)25)16-10-11(18)8-9-13(16)20/h4-10,15H,3H2,1-2H3,(H,21,23)/t15-/m1/s1. The maximum atomic E-state index is 12.8. The summed E-state index contributed by atoms with van der Waals surface area (Å²) in [6.45, 7) is 1.70. The highest BCUT2D eigenvalue weighted by molar-refractivity contribution is 7.92. The summed E-state index contributed by atoms with van der Waals surface area (Å²) in [5.41, 5.74) is 0.533. The lowest BCUT2D eigenvalue weighted by atomic mass is 10.1. The first-order valence-corrected chi connectivity index (χ1v) is 10.6. The fraction of sp³-hybridized carbons (Fsp3) is 0.235. The van der Waals surface area contributed by atoms with E-state index in [9.17, 15) is 13.2 Å². The van der Waals surface area contributed by atoms with Crippen LogP contribution in [0.1, 0.15) is 13.3 Å². The summed E-state index contributed by atoms with van der Waals surface area (Å²) >= 11 is 18.2. The minimum atomic E-state index is -3.82. The van der Waals surface area contributed by atoms with E-state index < -0.39 is 22.0 Å². The number of rotatable bonds is 6. The van der Waals surface area contributed by atoms with E-state index in [1.165, 1.54) is 12.1 Å². The first kappa shape index (κ1) is 20.8. The number of halogens is 3. The Morgan fingerprint density at radius 1 is 1.12 bits per heavy atom. The number of carbonyl (C=O) groups excluding carboxylic acids is 1. The van der Waals surface area contributed by atoms with Crippen molar-refractivity contribution in [1.29, 1.82) is 0 Å². The van der Waals surface area contributed by atoms with Crippen molar-refractivity contribution < 1.29 is 13.2 Å². The van der Waals surface area contributed by atoms with Gasteiger partial charge in [-0.15, -0.1) is 0 Å². The molecule has 1 atom stereocenters. The van der Waals surface area contributed by atoms with Gasteiger partial charge < -0.3 is 5.32 Å². The molecule has 26 heavy (non-hydrogen) atoms. The number of hydrogen-bond donors (Lipinski definition) is 1. The molecule has 0 radical (unpaired) electrons. The summed E-state index contributed by atoms with van der Waals surface area (Å²) in [6.07, 6.45) is 1.22. The predicted molar refractivity (Wildman–Crippen MR) is 108 cm³/mol. The Morgan fingerprint density at radius 2 is 1.77 bits per heavy atom. The number of amides is 1. The van der Waals surface area contributed by atoms with E-state index in [1.54, 1.807) is 37.3 Å². The molecule has 0 aliphatic heterocycles. The number of para-hydroxylation sites is 1. The number of carbonyl (C=O) groups is 1. The monoisotopic (exact) mass is 434 g/mol. The van der Waals surface area contributed by atoms with Gasteiger partial charge in [-0.25, -0.2) is 8.42 Å². The Bertz CT molecular complexity index is 919. The lowest BCUT2D eigenvalue weighted by Crippen LogP contribution is -2.47. The van der Waals surface area contributed by atoms with Crippen molar-refractivity contribution in [3.8, 4) is 0 Å². The van der Waals surface area contributed by atoms with E-state index >= 15 is 0 Å². The molecule has 0 fully saturated rings. The summed E-state index contributed by atoms with van der Waals surface area (Å²) in [6, 6.07) is 10.1. The molecule has 140 valence electrons. The smallest absolute Gasteiger partial charge is 0.248 e. The number of nitrogens with one attached hydrogen (secondary N) is 1. The molecule has 5 nitrogen and oxygen atoms in total. The van der Waals surface area contributed by atoms with E-state index in [0.29, 0.717) is 15.7 Å². The van der Waals surface area contributed by atoms with Crippen molar-refractivity contribution in [1.82, 2.24) is 0 Å². The van der Waals surface area contributed by atoms with Crippen LogP contribution >= 0.6 is 34.8 Å². The topological polar surface area (TPSA) is 66.5 Å². The van der Waals surface area contributed by atoms with Crippen molar-refractivity contribution in [2.45, 2.75) is 19.4 Å². The van der Waals surface area contributed by atoms with Gasteiger partial charge in [-0.05, 0) is 36.8 Å². The van der Waals surface area contributed by atoms with Gasteiger partial charge in [-0.2, -0.15) is 0 Å². The van der Waals surface area contributed by atoms with Crippen LogP contribution < -0.4 is 9.62 Å². The Kier molecular flexibility index (Phi) is 6.80.